The molecule has 0 fully saturated rings. The van der Waals surface area contributed by atoms with Crippen molar-refractivity contribution >= 4 is 51.0 Å². The van der Waals surface area contributed by atoms with Gasteiger partial charge in [0.05, 0.1) is 16.4 Å². The van der Waals surface area contributed by atoms with Gasteiger partial charge in [0.15, 0.2) is 5.65 Å². The average molecular weight is 539 g/mol. The zero-order valence-corrected chi connectivity index (χ0v) is 21.1. The van der Waals surface area contributed by atoms with E-state index in [1.807, 2.05) is 73.7 Å². The third kappa shape index (κ3) is 5.85. The normalized spacial score (nSPS) is 11.6. The standard InChI is InChI=1S/C26H25BrClN5O/c1-18(15-19-9-3-2-4-10-19)26(34)30-14-8-7-13-29-24-16-23(20-11-5-6-12-22(20)28)32-25-21(27)17-31-33(24)25/h2-6,9-12,15-17,29H,7-8,13-14H2,1H3,(H,30,34). The van der Waals surface area contributed by atoms with E-state index in [1.165, 1.54) is 0 Å². The van der Waals surface area contributed by atoms with Gasteiger partial charge in [0.1, 0.15) is 5.82 Å². The molecule has 2 aromatic carbocycles. The molecule has 0 atom stereocenters. The number of hydrogen-bond donors (Lipinski definition) is 2. The van der Waals surface area contributed by atoms with Crippen LogP contribution >= 0.6 is 27.5 Å². The number of carbonyl (C=O) groups is 1. The molecule has 174 valence electrons. The fourth-order valence-electron chi connectivity index (χ4n) is 3.54. The molecule has 4 aromatic rings. The van der Waals surface area contributed by atoms with Gasteiger partial charge in [-0.2, -0.15) is 9.61 Å². The highest BCUT2D eigenvalue weighted by molar-refractivity contribution is 9.10. The number of fused-ring (bicyclic) bond motifs is 1. The summed E-state index contributed by atoms with van der Waals surface area (Å²) in [5.41, 5.74) is 4.07. The highest BCUT2D eigenvalue weighted by Gasteiger charge is 2.13. The van der Waals surface area contributed by atoms with Crippen molar-refractivity contribution in [2.75, 3.05) is 18.4 Å². The van der Waals surface area contributed by atoms with Gasteiger partial charge in [0, 0.05) is 35.3 Å². The summed E-state index contributed by atoms with van der Waals surface area (Å²) < 4.78 is 2.58. The van der Waals surface area contributed by atoms with Gasteiger partial charge in [-0.1, -0.05) is 60.1 Å². The monoisotopic (exact) mass is 537 g/mol. The Morgan fingerprint density at radius 1 is 1.09 bits per heavy atom. The number of unbranched alkanes of at least 4 members (excludes halogenated alkanes) is 1. The summed E-state index contributed by atoms with van der Waals surface area (Å²) >= 11 is 9.92. The molecule has 0 unspecified atom stereocenters. The van der Waals surface area contributed by atoms with Crippen molar-refractivity contribution in [3.8, 4) is 11.3 Å². The third-order valence-corrected chi connectivity index (χ3v) is 6.20. The number of anilines is 1. The molecule has 4 rings (SSSR count). The lowest BCUT2D eigenvalue weighted by Gasteiger charge is -2.12. The lowest BCUT2D eigenvalue weighted by Crippen LogP contribution is -2.25. The van der Waals surface area contributed by atoms with Gasteiger partial charge in [-0.3, -0.25) is 4.79 Å². The Labute approximate surface area is 212 Å². The van der Waals surface area contributed by atoms with Crippen molar-refractivity contribution in [2.24, 2.45) is 0 Å². The molecule has 2 N–H and O–H groups in total. The molecule has 2 heterocycles. The Balaban J connectivity index is 1.33. The van der Waals surface area contributed by atoms with Gasteiger partial charge in [-0.05, 0) is 53.4 Å². The topological polar surface area (TPSA) is 71.3 Å². The number of halogens is 2. The van der Waals surface area contributed by atoms with Gasteiger partial charge in [-0.15, -0.1) is 0 Å². The van der Waals surface area contributed by atoms with E-state index in [9.17, 15) is 4.79 Å². The van der Waals surface area contributed by atoms with Gasteiger partial charge in [0.2, 0.25) is 5.91 Å². The molecule has 0 bridgehead atoms. The van der Waals surface area contributed by atoms with Crippen molar-refractivity contribution < 1.29 is 4.79 Å². The van der Waals surface area contributed by atoms with Crippen molar-refractivity contribution in [1.82, 2.24) is 19.9 Å². The lowest BCUT2D eigenvalue weighted by atomic mass is 10.1. The van der Waals surface area contributed by atoms with E-state index in [4.69, 9.17) is 16.6 Å². The number of benzene rings is 2. The van der Waals surface area contributed by atoms with E-state index in [0.717, 1.165) is 46.5 Å². The Morgan fingerprint density at radius 3 is 2.62 bits per heavy atom. The van der Waals surface area contributed by atoms with Gasteiger partial charge < -0.3 is 10.6 Å². The second kappa shape index (κ2) is 11.3. The number of nitrogens with one attached hydrogen (secondary N) is 2. The summed E-state index contributed by atoms with van der Waals surface area (Å²) in [5.74, 6) is 0.787. The molecule has 34 heavy (non-hydrogen) atoms. The van der Waals surface area contributed by atoms with E-state index < -0.39 is 0 Å². The number of rotatable bonds is 9. The molecule has 0 saturated carbocycles. The summed E-state index contributed by atoms with van der Waals surface area (Å²) in [4.78, 5) is 17.0. The van der Waals surface area contributed by atoms with Crippen LogP contribution in [-0.4, -0.2) is 33.6 Å². The Hall–Kier alpha value is -3.16. The first-order valence-corrected chi connectivity index (χ1v) is 12.2. The molecule has 0 radical (unpaired) electrons. The number of nitrogens with zero attached hydrogens (tertiary/aromatic N) is 3. The lowest BCUT2D eigenvalue weighted by molar-refractivity contribution is -0.117. The maximum absolute atomic E-state index is 12.3. The maximum atomic E-state index is 12.3. The molecule has 6 nitrogen and oxygen atoms in total. The van der Waals surface area contributed by atoms with Crippen LogP contribution in [0.3, 0.4) is 0 Å². The zero-order chi connectivity index (χ0) is 23.9. The summed E-state index contributed by atoms with van der Waals surface area (Å²) in [7, 11) is 0. The fourth-order valence-corrected chi connectivity index (χ4v) is 4.12. The van der Waals surface area contributed by atoms with Crippen molar-refractivity contribution in [3.63, 3.8) is 0 Å². The molecule has 8 heteroatoms. The van der Waals surface area contributed by atoms with Gasteiger partial charge in [-0.25, -0.2) is 4.98 Å². The first-order chi connectivity index (χ1) is 16.5. The number of hydrogen-bond acceptors (Lipinski definition) is 4. The van der Waals surface area contributed by atoms with Crippen LogP contribution in [0.4, 0.5) is 5.82 Å². The first kappa shape index (κ1) is 24.0. The molecule has 0 spiro atoms. The minimum atomic E-state index is -0.0431. The van der Waals surface area contributed by atoms with Crippen LogP contribution in [0.25, 0.3) is 23.0 Å². The predicted molar refractivity (Wildman–Crippen MR) is 142 cm³/mol. The zero-order valence-electron chi connectivity index (χ0n) is 18.8. The minimum absolute atomic E-state index is 0.0431. The van der Waals surface area contributed by atoms with Crippen LogP contribution in [0.1, 0.15) is 25.3 Å². The van der Waals surface area contributed by atoms with Crippen molar-refractivity contribution in [3.05, 3.63) is 87.5 Å². The maximum Gasteiger partial charge on any atom is 0.246 e. The highest BCUT2D eigenvalue weighted by atomic mass is 79.9. The molecular formula is C26H25BrClN5O. The number of aromatic nitrogens is 3. The minimum Gasteiger partial charge on any atom is -0.370 e. The summed E-state index contributed by atoms with van der Waals surface area (Å²) in [6, 6.07) is 19.4. The van der Waals surface area contributed by atoms with Crippen LogP contribution in [0.2, 0.25) is 5.02 Å². The second-order valence-electron chi connectivity index (χ2n) is 7.86. The van der Waals surface area contributed by atoms with E-state index >= 15 is 0 Å². The Kier molecular flexibility index (Phi) is 7.98. The molecule has 0 aliphatic carbocycles. The van der Waals surface area contributed by atoms with E-state index in [0.29, 0.717) is 22.8 Å². The van der Waals surface area contributed by atoms with E-state index in [-0.39, 0.29) is 5.91 Å². The summed E-state index contributed by atoms with van der Waals surface area (Å²) in [6.45, 7) is 3.18. The second-order valence-corrected chi connectivity index (χ2v) is 9.12. The SMILES string of the molecule is CC(=Cc1ccccc1)C(=O)NCCCCNc1cc(-c2ccccc2Cl)nc2c(Br)cnn12. The van der Waals surface area contributed by atoms with Crippen LogP contribution in [0.5, 0.6) is 0 Å². The molecular weight excluding hydrogens is 514 g/mol. The van der Waals surface area contributed by atoms with Crippen LogP contribution in [0, 0.1) is 0 Å². The largest absolute Gasteiger partial charge is 0.370 e. The third-order valence-electron chi connectivity index (χ3n) is 5.31. The number of carbonyl (C=O) groups excluding carboxylic acids is 1. The number of amides is 1. The predicted octanol–water partition coefficient (Wildman–Crippen LogP) is 6.22. The van der Waals surface area contributed by atoms with Crippen LogP contribution < -0.4 is 10.6 Å². The van der Waals surface area contributed by atoms with Crippen LogP contribution in [-0.2, 0) is 4.79 Å². The van der Waals surface area contributed by atoms with Crippen molar-refractivity contribution in [1.29, 1.82) is 0 Å². The quantitative estimate of drug-likeness (QED) is 0.196. The van der Waals surface area contributed by atoms with Gasteiger partial charge in [0.25, 0.3) is 0 Å². The molecule has 1 amide bonds. The van der Waals surface area contributed by atoms with Crippen molar-refractivity contribution in [2.45, 2.75) is 19.8 Å². The van der Waals surface area contributed by atoms with Gasteiger partial charge >= 0.3 is 0 Å². The summed E-state index contributed by atoms with van der Waals surface area (Å²) in [6.07, 6.45) is 5.36. The molecule has 0 saturated heterocycles. The molecule has 0 aliphatic rings. The smallest absolute Gasteiger partial charge is 0.246 e. The fraction of sp³-hybridized carbons (Fsp3) is 0.192. The highest BCUT2D eigenvalue weighted by Crippen LogP contribution is 2.30. The Morgan fingerprint density at radius 2 is 1.82 bits per heavy atom. The summed E-state index contributed by atoms with van der Waals surface area (Å²) in [5, 5.41) is 11.5. The molecule has 2 aromatic heterocycles. The Bertz CT molecular complexity index is 1320. The van der Waals surface area contributed by atoms with Crippen LogP contribution in [0.15, 0.2) is 76.9 Å². The first-order valence-electron chi connectivity index (χ1n) is 11.1. The van der Waals surface area contributed by atoms with E-state index in [1.54, 1.807) is 10.7 Å². The van der Waals surface area contributed by atoms with E-state index in [2.05, 4.69) is 31.7 Å². The average Bonchev–Trinajstić information content (AvgIpc) is 3.22. The molecule has 0 aliphatic heterocycles.